The lowest BCUT2D eigenvalue weighted by Gasteiger charge is -2.13. The molecular weight excluding hydrogens is 452 g/mol. The van der Waals surface area contributed by atoms with Crippen molar-refractivity contribution in [3.05, 3.63) is 56.4 Å². The minimum absolute atomic E-state index is 0.0480. The second-order valence-corrected chi connectivity index (χ2v) is 8.44. The Bertz CT molecular complexity index is 997. The van der Waals surface area contributed by atoms with Gasteiger partial charge in [0, 0.05) is 6.54 Å². The minimum atomic E-state index is -0.0790. The Kier molecular flexibility index (Phi) is 6.70. The number of hydrogen-bond acceptors (Lipinski definition) is 5. The lowest BCUT2D eigenvalue weighted by Crippen LogP contribution is -2.28. The van der Waals surface area contributed by atoms with Gasteiger partial charge in [0.15, 0.2) is 16.7 Å². The second-order valence-electron chi connectivity index (χ2n) is 6.58. The van der Waals surface area contributed by atoms with Crippen molar-refractivity contribution < 1.29 is 14.6 Å². The Morgan fingerprint density at radius 3 is 2.55 bits per heavy atom. The highest BCUT2D eigenvalue weighted by atomic mass is 79.9. The summed E-state index contributed by atoms with van der Waals surface area (Å²) in [7, 11) is 0. The number of hydrogen-bond donors (Lipinski definition) is 1. The number of carbonyl (C=O) groups excluding carboxylic acids is 1. The van der Waals surface area contributed by atoms with Crippen molar-refractivity contribution in [1.29, 1.82) is 0 Å². The predicted octanol–water partition coefficient (Wildman–Crippen LogP) is 5.79. The molecule has 1 saturated heterocycles. The molecule has 0 radical (unpaired) electrons. The molecule has 0 aliphatic carbocycles. The molecule has 0 saturated carbocycles. The van der Waals surface area contributed by atoms with E-state index in [1.807, 2.05) is 45.9 Å². The molecule has 2 aromatic carbocycles. The lowest BCUT2D eigenvalue weighted by atomic mass is 10.1. The Hall–Kier alpha value is -2.25. The Morgan fingerprint density at radius 1 is 1.24 bits per heavy atom. The van der Waals surface area contributed by atoms with Crippen LogP contribution in [0.4, 0.5) is 5.69 Å². The van der Waals surface area contributed by atoms with E-state index in [9.17, 15) is 9.90 Å². The number of halogens is 1. The number of benzene rings is 2. The highest BCUT2D eigenvalue weighted by Crippen LogP contribution is 2.39. The number of thioether (sulfide) groups is 1. The molecule has 1 aliphatic rings. The van der Waals surface area contributed by atoms with Gasteiger partial charge in [-0.25, -0.2) is 4.99 Å². The first-order chi connectivity index (χ1) is 13.8. The number of aliphatic imine (C=N–C) groups is 1. The average molecular weight is 475 g/mol. The molecule has 1 aliphatic heterocycles. The van der Waals surface area contributed by atoms with Crippen LogP contribution in [0, 0.1) is 13.8 Å². The van der Waals surface area contributed by atoms with E-state index in [4.69, 9.17) is 9.73 Å². The zero-order chi connectivity index (χ0) is 21.1. The van der Waals surface area contributed by atoms with Crippen molar-refractivity contribution in [3.63, 3.8) is 0 Å². The van der Waals surface area contributed by atoms with Crippen molar-refractivity contribution in [2.75, 3.05) is 13.2 Å². The third-order valence-corrected chi connectivity index (χ3v) is 6.11. The first-order valence-corrected chi connectivity index (χ1v) is 11.0. The van der Waals surface area contributed by atoms with E-state index in [-0.39, 0.29) is 11.7 Å². The number of amidine groups is 1. The summed E-state index contributed by atoms with van der Waals surface area (Å²) in [6, 6.07) is 9.52. The van der Waals surface area contributed by atoms with Gasteiger partial charge in [-0.15, -0.1) is 0 Å². The molecule has 0 unspecified atom stereocenters. The summed E-state index contributed by atoms with van der Waals surface area (Å²) in [5.74, 6) is 0.345. The molecule has 29 heavy (non-hydrogen) atoms. The molecule has 1 heterocycles. The van der Waals surface area contributed by atoms with Crippen LogP contribution >= 0.6 is 27.7 Å². The van der Waals surface area contributed by atoms with Gasteiger partial charge in [-0.3, -0.25) is 9.69 Å². The number of likely N-dealkylation sites (N-methyl/N-ethyl adjacent to an activating group) is 1. The monoisotopic (exact) mass is 474 g/mol. The molecule has 7 heteroatoms. The topological polar surface area (TPSA) is 62.1 Å². The molecule has 1 fully saturated rings. The number of aryl methyl sites for hydroxylation is 2. The Labute approximate surface area is 183 Å². The SMILES string of the molecule is CCOc1cc(/C=C2/SC(=Nc3c(C)cccc3C)N(CC)C2=O)cc(Br)c1O. The quantitative estimate of drug-likeness (QED) is 0.556. The van der Waals surface area contributed by atoms with Gasteiger partial charge in [-0.1, -0.05) is 18.2 Å². The maximum absolute atomic E-state index is 12.9. The van der Waals surface area contributed by atoms with Gasteiger partial charge in [0.05, 0.1) is 21.7 Å². The van der Waals surface area contributed by atoms with Crippen molar-refractivity contribution in [3.8, 4) is 11.5 Å². The van der Waals surface area contributed by atoms with Crippen LogP contribution in [0.15, 0.2) is 44.7 Å². The average Bonchev–Trinajstić information content (AvgIpc) is 2.97. The van der Waals surface area contributed by atoms with Crippen LogP contribution in [-0.4, -0.2) is 34.2 Å². The molecule has 0 aromatic heterocycles. The van der Waals surface area contributed by atoms with Gasteiger partial charge in [0.2, 0.25) is 0 Å². The predicted molar refractivity (Wildman–Crippen MR) is 123 cm³/mol. The summed E-state index contributed by atoms with van der Waals surface area (Å²) >= 11 is 4.70. The standard InChI is InChI=1S/C22H23BrN2O3S/c1-5-25-21(27)18(12-15-10-16(23)20(26)17(11-15)28-6-2)29-22(25)24-19-13(3)8-7-9-14(19)4/h7-12,26H,5-6H2,1-4H3/b18-12+,24-22?. The minimum Gasteiger partial charge on any atom is -0.503 e. The molecule has 1 amide bonds. The van der Waals surface area contributed by atoms with E-state index < -0.39 is 0 Å². The van der Waals surface area contributed by atoms with E-state index in [0.29, 0.717) is 33.4 Å². The number of aromatic hydroxyl groups is 1. The number of phenols is 1. The Balaban J connectivity index is 2.00. The maximum Gasteiger partial charge on any atom is 0.266 e. The molecule has 152 valence electrons. The summed E-state index contributed by atoms with van der Waals surface area (Å²) in [6.07, 6.45) is 1.80. The smallest absolute Gasteiger partial charge is 0.266 e. The summed E-state index contributed by atoms with van der Waals surface area (Å²) in [6.45, 7) is 8.80. The van der Waals surface area contributed by atoms with Gasteiger partial charge in [0.25, 0.3) is 5.91 Å². The fourth-order valence-electron chi connectivity index (χ4n) is 3.04. The van der Waals surface area contributed by atoms with Crippen molar-refractivity contribution in [2.24, 2.45) is 4.99 Å². The molecule has 0 atom stereocenters. The zero-order valence-electron chi connectivity index (χ0n) is 16.8. The third kappa shape index (κ3) is 4.51. The molecule has 2 aromatic rings. The van der Waals surface area contributed by atoms with Crippen LogP contribution in [0.2, 0.25) is 0 Å². The largest absolute Gasteiger partial charge is 0.503 e. The number of para-hydroxylation sites is 1. The molecule has 1 N–H and O–H groups in total. The third-order valence-electron chi connectivity index (χ3n) is 4.50. The van der Waals surface area contributed by atoms with Crippen LogP contribution in [0.25, 0.3) is 6.08 Å². The lowest BCUT2D eigenvalue weighted by molar-refractivity contribution is -0.122. The second kappa shape index (κ2) is 9.05. The van der Waals surface area contributed by atoms with Crippen molar-refractivity contribution in [1.82, 2.24) is 4.90 Å². The van der Waals surface area contributed by atoms with E-state index in [1.165, 1.54) is 11.8 Å². The first-order valence-electron chi connectivity index (χ1n) is 9.37. The summed E-state index contributed by atoms with van der Waals surface area (Å²) in [5, 5.41) is 10.8. The number of nitrogens with zero attached hydrogens (tertiary/aromatic N) is 2. The highest BCUT2D eigenvalue weighted by Gasteiger charge is 2.32. The van der Waals surface area contributed by atoms with Gasteiger partial charge < -0.3 is 9.84 Å². The van der Waals surface area contributed by atoms with E-state index in [2.05, 4.69) is 15.9 Å². The number of rotatable bonds is 5. The molecule has 0 bridgehead atoms. The fourth-order valence-corrected chi connectivity index (χ4v) is 4.55. The van der Waals surface area contributed by atoms with E-state index in [0.717, 1.165) is 22.4 Å². The van der Waals surface area contributed by atoms with Gasteiger partial charge in [-0.2, -0.15) is 0 Å². The number of carbonyl (C=O) groups is 1. The summed E-state index contributed by atoms with van der Waals surface area (Å²) < 4.78 is 6.00. The van der Waals surface area contributed by atoms with Crippen LogP contribution in [0.1, 0.15) is 30.5 Å². The Morgan fingerprint density at radius 2 is 1.93 bits per heavy atom. The fraction of sp³-hybridized carbons (Fsp3) is 0.273. The van der Waals surface area contributed by atoms with Crippen molar-refractivity contribution >= 4 is 50.5 Å². The molecule has 3 rings (SSSR count). The summed E-state index contributed by atoms with van der Waals surface area (Å²) in [4.78, 5) is 20.0. The van der Waals surface area contributed by atoms with Gasteiger partial charge in [-0.05, 0) is 90.3 Å². The summed E-state index contributed by atoms with van der Waals surface area (Å²) in [5.41, 5.74) is 3.80. The van der Waals surface area contributed by atoms with Crippen LogP contribution in [0.3, 0.4) is 0 Å². The number of phenolic OH excluding ortho intramolecular Hbond substituents is 1. The van der Waals surface area contributed by atoms with Gasteiger partial charge in [0.1, 0.15) is 0 Å². The van der Waals surface area contributed by atoms with Gasteiger partial charge >= 0.3 is 0 Å². The highest BCUT2D eigenvalue weighted by molar-refractivity contribution is 9.10. The number of amides is 1. The maximum atomic E-state index is 12.9. The van der Waals surface area contributed by atoms with Crippen LogP contribution in [-0.2, 0) is 4.79 Å². The van der Waals surface area contributed by atoms with Crippen molar-refractivity contribution in [2.45, 2.75) is 27.7 Å². The molecule has 0 spiro atoms. The first kappa shape index (κ1) is 21.5. The van der Waals surface area contributed by atoms with E-state index in [1.54, 1.807) is 23.1 Å². The zero-order valence-corrected chi connectivity index (χ0v) is 19.2. The van der Waals surface area contributed by atoms with Crippen LogP contribution < -0.4 is 4.74 Å². The molecule has 5 nitrogen and oxygen atoms in total. The van der Waals surface area contributed by atoms with E-state index >= 15 is 0 Å². The molecular formula is C22H23BrN2O3S. The normalized spacial score (nSPS) is 16.9. The van der Waals surface area contributed by atoms with Crippen LogP contribution in [0.5, 0.6) is 11.5 Å². The number of ether oxygens (including phenoxy) is 1.